The third-order valence-corrected chi connectivity index (χ3v) is 10.2. The maximum atomic E-state index is 13.7. The molecule has 6 rings (SSSR count). The van der Waals surface area contributed by atoms with E-state index in [1.807, 2.05) is 29.2 Å². The van der Waals surface area contributed by atoms with Crippen molar-refractivity contribution in [2.45, 2.75) is 44.2 Å². The van der Waals surface area contributed by atoms with Crippen molar-refractivity contribution in [3.05, 3.63) is 59.8 Å². The van der Waals surface area contributed by atoms with Gasteiger partial charge in [-0.3, -0.25) is 4.98 Å². The van der Waals surface area contributed by atoms with E-state index in [0.29, 0.717) is 59.1 Å². The Balaban J connectivity index is 1.26. The Morgan fingerprint density at radius 2 is 1.70 bits per heavy atom. The summed E-state index contributed by atoms with van der Waals surface area (Å²) < 4.78 is 45.6. The van der Waals surface area contributed by atoms with Crippen molar-refractivity contribution in [1.82, 2.24) is 24.2 Å². The van der Waals surface area contributed by atoms with E-state index in [1.165, 1.54) is 4.31 Å². The highest BCUT2D eigenvalue weighted by atomic mass is 32.2. The molecular formula is C33H39N7O6S. The van der Waals surface area contributed by atoms with Crippen LogP contribution in [0.15, 0.2) is 53.6 Å². The van der Waals surface area contributed by atoms with E-state index in [9.17, 15) is 13.2 Å². The molecule has 0 atom stereocenters. The van der Waals surface area contributed by atoms with Crippen LogP contribution in [-0.4, -0.2) is 91.2 Å². The number of nitrogens with zero attached hydrogens (tertiary/aromatic N) is 6. The van der Waals surface area contributed by atoms with Gasteiger partial charge >= 0.3 is 6.09 Å². The number of carbonyl (C=O) groups is 1. The van der Waals surface area contributed by atoms with Crippen molar-refractivity contribution in [1.29, 1.82) is 0 Å². The highest BCUT2D eigenvalue weighted by Crippen LogP contribution is 2.45. The van der Waals surface area contributed by atoms with E-state index in [2.05, 4.69) is 4.98 Å². The second-order valence-electron chi connectivity index (χ2n) is 12.5. The highest BCUT2D eigenvalue weighted by molar-refractivity contribution is 7.89. The molecule has 1 amide bonds. The molecule has 47 heavy (non-hydrogen) atoms. The number of aromatic nitrogens is 3. The van der Waals surface area contributed by atoms with Crippen molar-refractivity contribution >= 4 is 38.8 Å². The molecule has 0 radical (unpaired) electrons. The molecule has 0 aliphatic carbocycles. The molecule has 1 saturated heterocycles. The molecule has 0 spiro atoms. The summed E-state index contributed by atoms with van der Waals surface area (Å²) in [5.41, 5.74) is 9.77. The van der Waals surface area contributed by atoms with Gasteiger partial charge < -0.3 is 29.7 Å². The van der Waals surface area contributed by atoms with Gasteiger partial charge in [0.05, 0.1) is 41.3 Å². The Bertz CT molecular complexity index is 1920. The number of nitrogens with two attached hydrogens (primary N) is 1. The molecule has 0 saturated carbocycles. The standard InChI is InChI=1S/C33H39N7O6S/c1-33(2,3)46-32(41)38-14-16-40(17-15-38)47(42,43)23-10-9-21-11-13-39(20-22(21)18-23)31-36-25-19-26(44-4)29(45-5)27(28(25)30(34)37-31)24-8-6-7-12-35-24/h6-10,12,18-19H,11,13-17,20H2,1-5H3,(H2,34,36,37). The van der Waals surface area contributed by atoms with Crippen LogP contribution in [0.3, 0.4) is 0 Å². The summed E-state index contributed by atoms with van der Waals surface area (Å²) in [4.78, 5) is 30.3. The number of benzene rings is 2. The van der Waals surface area contributed by atoms with E-state index in [-0.39, 0.29) is 36.9 Å². The topological polar surface area (TPSA) is 153 Å². The van der Waals surface area contributed by atoms with Gasteiger partial charge in [0.2, 0.25) is 16.0 Å². The minimum absolute atomic E-state index is 0.184. The monoisotopic (exact) mass is 661 g/mol. The Labute approximate surface area is 274 Å². The minimum atomic E-state index is -3.79. The van der Waals surface area contributed by atoms with Crippen LogP contribution in [0, 0.1) is 0 Å². The molecule has 1 fully saturated rings. The number of methoxy groups -OCH3 is 2. The average molecular weight is 662 g/mol. The highest BCUT2D eigenvalue weighted by Gasteiger charge is 2.33. The first-order valence-electron chi connectivity index (χ1n) is 15.4. The van der Waals surface area contributed by atoms with Gasteiger partial charge in [0, 0.05) is 51.5 Å². The Morgan fingerprint density at radius 3 is 2.36 bits per heavy atom. The first-order valence-corrected chi connectivity index (χ1v) is 16.8. The Morgan fingerprint density at radius 1 is 0.936 bits per heavy atom. The minimum Gasteiger partial charge on any atom is -0.493 e. The van der Waals surface area contributed by atoms with Gasteiger partial charge in [0.25, 0.3) is 0 Å². The fourth-order valence-corrected chi connectivity index (χ4v) is 7.45. The first-order chi connectivity index (χ1) is 22.4. The van der Waals surface area contributed by atoms with Gasteiger partial charge in [-0.05, 0) is 62.6 Å². The first kappa shape index (κ1) is 32.3. The lowest BCUT2D eigenvalue weighted by Gasteiger charge is -2.35. The molecule has 2 aliphatic heterocycles. The van der Waals surface area contributed by atoms with Gasteiger partial charge in [-0.2, -0.15) is 9.29 Å². The van der Waals surface area contributed by atoms with Crippen LogP contribution in [0.25, 0.3) is 22.2 Å². The van der Waals surface area contributed by atoms with Gasteiger partial charge in [0.1, 0.15) is 11.4 Å². The quantitative estimate of drug-likeness (QED) is 0.318. The van der Waals surface area contributed by atoms with E-state index in [1.54, 1.807) is 64.3 Å². The zero-order valence-electron chi connectivity index (χ0n) is 27.2. The molecule has 14 heteroatoms. The number of hydrogen-bond acceptors (Lipinski definition) is 11. The van der Waals surface area contributed by atoms with Crippen LogP contribution >= 0.6 is 0 Å². The number of piperazine rings is 1. The van der Waals surface area contributed by atoms with Crippen molar-refractivity contribution in [3.63, 3.8) is 0 Å². The number of amides is 1. The van der Waals surface area contributed by atoms with Crippen molar-refractivity contribution < 1.29 is 27.4 Å². The molecule has 0 bridgehead atoms. The molecule has 13 nitrogen and oxygen atoms in total. The van der Waals surface area contributed by atoms with Gasteiger partial charge in [-0.25, -0.2) is 18.2 Å². The molecule has 0 unspecified atom stereocenters. The summed E-state index contributed by atoms with van der Waals surface area (Å²) in [5, 5.41) is 0.600. The Hall–Kier alpha value is -4.69. The number of anilines is 2. The normalized spacial score (nSPS) is 15.8. The average Bonchev–Trinajstić information content (AvgIpc) is 3.06. The third-order valence-electron chi connectivity index (χ3n) is 8.27. The number of hydrogen-bond donors (Lipinski definition) is 1. The van der Waals surface area contributed by atoms with E-state index >= 15 is 0 Å². The molecule has 4 heterocycles. The lowest BCUT2D eigenvalue weighted by molar-refractivity contribution is 0.0192. The van der Waals surface area contributed by atoms with Crippen LogP contribution < -0.4 is 20.1 Å². The summed E-state index contributed by atoms with van der Waals surface area (Å²) in [7, 11) is -0.668. The summed E-state index contributed by atoms with van der Waals surface area (Å²) in [6.07, 6.45) is 1.93. The molecular weight excluding hydrogens is 622 g/mol. The second kappa shape index (κ2) is 12.5. The molecule has 4 aromatic rings. The van der Waals surface area contributed by atoms with Crippen LogP contribution in [-0.2, 0) is 27.7 Å². The smallest absolute Gasteiger partial charge is 0.410 e. The molecule has 2 aromatic carbocycles. The largest absolute Gasteiger partial charge is 0.493 e. The van der Waals surface area contributed by atoms with Crippen LogP contribution in [0.1, 0.15) is 31.9 Å². The maximum Gasteiger partial charge on any atom is 0.410 e. The number of ether oxygens (including phenoxy) is 3. The number of pyridine rings is 1. The Kier molecular flexibility index (Phi) is 8.57. The van der Waals surface area contributed by atoms with E-state index in [0.717, 1.165) is 11.1 Å². The fourth-order valence-electron chi connectivity index (χ4n) is 5.97. The van der Waals surface area contributed by atoms with Crippen molar-refractivity contribution in [3.8, 4) is 22.8 Å². The number of rotatable bonds is 6. The van der Waals surface area contributed by atoms with Crippen molar-refractivity contribution in [2.75, 3.05) is 57.6 Å². The number of sulfonamides is 1. The lowest BCUT2D eigenvalue weighted by atomic mass is 10.00. The number of fused-ring (bicyclic) bond motifs is 2. The van der Waals surface area contributed by atoms with E-state index < -0.39 is 21.7 Å². The number of nitrogen functional groups attached to an aromatic ring is 1. The van der Waals surface area contributed by atoms with Crippen LogP contribution in [0.4, 0.5) is 16.6 Å². The lowest BCUT2D eigenvalue weighted by Crippen LogP contribution is -2.51. The third kappa shape index (κ3) is 6.34. The van der Waals surface area contributed by atoms with Crippen molar-refractivity contribution in [2.24, 2.45) is 0 Å². The van der Waals surface area contributed by atoms with Gasteiger partial charge in [-0.15, -0.1) is 0 Å². The summed E-state index contributed by atoms with van der Waals surface area (Å²) >= 11 is 0. The fraction of sp³-hybridized carbons (Fsp3) is 0.394. The summed E-state index contributed by atoms with van der Waals surface area (Å²) in [5.74, 6) is 1.65. The van der Waals surface area contributed by atoms with Crippen LogP contribution in [0.5, 0.6) is 11.5 Å². The summed E-state index contributed by atoms with van der Waals surface area (Å²) in [6, 6.07) is 12.6. The summed E-state index contributed by atoms with van der Waals surface area (Å²) in [6.45, 7) is 7.31. The van der Waals surface area contributed by atoms with Gasteiger partial charge in [-0.1, -0.05) is 12.1 Å². The maximum absolute atomic E-state index is 13.7. The SMILES string of the molecule is COc1cc2nc(N3CCc4ccc(S(=O)(=O)N5CCN(C(=O)OC(C)(C)C)CC5)cc4C3)nc(N)c2c(-c2ccccn2)c1OC. The predicted molar refractivity (Wildman–Crippen MR) is 178 cm³/mol. The molecule has 2 aromatic heterocycles. The zero-order valence-corrected chi connectivity index (χ0v) is 28.0. The molecule has 2 aliphatic rings. The van der Waals surface area contributed by atoms with Gasteiger partial charge in [0.15, 0.2) is 11.5 Å². The van der Waals surface area contributed by atoms with E-state index in [4.69, 9.17) is 29.9 Å². The molecule has 2 N–H and O–H groups in total. The zero-order chi connectivity index (χ0) is 33.5. The van der Waals surface area contributed by atoms with Crippen LogP contribution in [0.2, 0.25) is 0 Å². The predicted octanol–water partition coefficient (Wildman–Crippen LogP) is 4.10. The second-order valence-corrected chi connectivity index (χ2v) is 14.4. The molecule has 248 valence electrons. The number of carbonyl (C=O) groups excluding carboxylic acids is 1.